The van der Waals surface area contributed by atoms with E-state index in [2.05, 4.69) is 32.8 Å². The summed E-state index contributed by atoms with van der Waals surface area (Å²) in [5, 5.41) is 18.7. The van der Waals surface area contributed by atoms with Crippen molar-refractivity contribution in [3.05, 3.63) is 0 Å². The maximum atomic E-state index is 9.34. The van der Waals surface area contributed by atoms with Crippen molar-refractivity contribution < 1.29 is 38.7 Å². The molecule has 0 saturated carbocycles. The molecular formula is C22H44O8Sn. The normalized spacial score (nSPS) is 9.42. The minimum absolute atomic E-state index is 0.0736. The van der Waals surface area contributed by atoms with Crippen LogP contribution in [-0.4, -0.2) is 61.3 Å². The van der Waals surface area contributed by atoms with Crippen molar-refractivity contribution >= 4 is 33.5 Å². The topological polar surface area (TPSA) is 117 Å². The van der Waals surface area contributed by atoms with Crippen LogP contribution in [0.15, 0.2) is 0 Å². The summed E-state index contributed by atoms with van der Waals surface area (Å²) in [4.78, 5) is 18.7. The Balaban J connectivity index is -0.000000460. The van der Waals surface area contributed by atoms with Crippen molar-refractivity contribution in [2.45, 2.75) is 99.8 Å². The summed E-state index contributed by atoms with van der Waals surface area (Å²) in [6.07, 6.45) is 14.7. The average molecular weight is 555 g/mol. The van der Waals surface area contributed by atoms with Crippen LogP contribution in [0, 0.1) is 0 Å². The molecule has 0 aromatic heterocycles. The van der Waals surface area contributed by atoms with Gasteiger partial charge in [0.25, 0.3) is 12.3 Å². The third-order valence-electron chi connectivity index (χ3n) is 4.00. The van der Waals surface area contributed by atoms with Crippen molar-refractivity contribution in [3.8, 4) is 0 Å². The number of rotatable bonds is 18. The van der Waals surface area contributed by atoms with Crippen LogP contribution in [0.2, 0.25) is 8.87 Å². The van der Waals surface area contributed by atoms with Crippen molar-refractivity contribution in [1.82, 2.24) is 0 Å². The summed E-state index contributed by atoms with van der Waals surface area (Å²) in [5.74, 6) is 0. The fourth-order valence-electron chi connectivity index (χ4n) is 2.40. The van der Waals surface area contributed by atoms with E-state index in [0.717, 1.165) is 0 Å². The molecule has 0 spiro atoms. The number of methoxy groups -OCH3 is 2. The molecule has 0 aliphatic carbocycles. The van der Waals surface area contributed by atoms with Gasteiger partial charge >= 0.3 is 121 Å². The SMILES string of the molecule is CCCCCCC[CH2][Sn+2][CH2]CCCCCCC.COCOC(=O)[O-].COCOC(=O)[O-]. The van der Waals surface area contributed by atoms with Crippen molar-refractivity contribution in [2.75, 3.05) is 27.8 Å². The van der Waals surface area contributed by atoms with E-state index >= 15 is 0 Å². The molecule has 0 N–H and O–H groups in total. The van der Waals surface area contributed by atoms with Gasteiger partial charge < -0.3 is 38.7 Å². The van der Waals surface area contributed by atoms with Crippen LogP contribution >= 0.6 is 0 Å². The number of unbranched alkanes of at least 4 members (excludes halogenated alkanes) is 10. The number of hydrogen-bond donors (Lipinski definition) is 0. The molecule has 9 heteroatoms. The van der Waals surface area contributed by atoms with Gasteiger partial charge in [0, 0.05) is 14.2 Å². The van der Waals surface area contributed by atoms with Crippen LogP contribution in [0.3, 0.4) is 0 Å². The summed E-state index contributed by atoms with van der Waals surface area (Å²) >= 11 is 0.0736. The second-order valence-corrected chi connectivity index (χ2v) is 11.2. The molecule has 0 bridgehead atoms. The molecule has 0 atom stereocenters. The van der Waals surface area contributed by atoms with Crippen LogP contribution in [0.5, 0.6) is 0 Å². The predicted octanol–water partition coefficient (Wildman–Crippen LogP) is 4.15. The summed E-state index contributed by atoms with van der Waals surface area (Å²) in [6.45, 7) is 4.08. The molecule has 0 heterocycles. The zero-order valence-corrected chi connectivity index (χ0v) is 22.9. The molecule has 0 fully saturated rings. The molecule has 0 aliphatic rings. The molecule has 0 aromatic carbocycles. The van der Waals surface area contributed by atoms with Crippen LogP contribution in [0.4, 0.5) is 9.59 Å². The van der Waals surface area contributed by atoms with Crippen LogP contribution in [-0.2, 0) is 18.9 Å². The van der Waals surface area contributed by atoms with Crippen LogP contribution < -0.4 is 10.2 Å². The van der Waals surface area contributed by atoms with Gasteiger partial charge in [-0.1, -0.05) is 0 Å². The van der Waals surface area contributed by atoms with Crippen molar-refractivity contribution in [1.29, 1.82) is 0 Å². The second-order valence-electron chi connectivity index (χ2n) is 6.89. The van der Waals surface area contributed by atoms with Gasteiger partial charge in [-0.15, -0.1) is 0 Å². The van der Waals surface area contributed by atoms with Gasteiger partial charge in [-0.3, -0.25) is 0 Å². The zero-order valence-electron chi connectivity index (χ0n) is 20.1. The Morgan fingerprint density at radius 1 is 0.613 bits per heavy atom. The van der Waals surface area contributed by atoms with Gasteiger partial charge in [0.15, 0.2) is 0 Å². The Morgan fingerprint density at radius 3 is 1.19 bits per heavy atom. The summed E-state index contributed by atoms with van der Waals surface area (Å²) in [5.41, 5.74) is 0. The average Bonchev–Trinajstić information content (AvgIpc) is 2.75. The van der Waals surface area contributed by atoms with E-state index in [4.69, 9.17) is 0 Å². The first-order chi connectivity index (χ1) is 15.0. The van der Waals surface area contributed by atoms with Gasteiger partial charge in [-0.25, -0.2) is 0 Å². The monoisotopic (exact) mass is 556 g/mol. The molecule has 0 amide bonds. The predicted molar refractivity (Wildman–Crippen MR) is 119 cm³/mol. The largest absolute Gasteiger partial charge is 0.524 e. The quantitative estimate of drug-likeness (QED) is 0.107. The Bertz CT molecular complexity index is 324. The molecular weight excluding hydrogens is 511 g/mol. The number of hydrogen-bond acceptors (Lipinski definition) is 8. The van der Waals surface area contributed by atoms with E-state index in [1.165, 1.54) is 78.4 Å². The van der Waals surface area contributed by atoms with Gasteiger partial charge in [-0.05, 0) is 0 Å². The standard InChI is InChI=1S/2C8H17.2C3H6O4.Sn/c2*1-3-5-7-8-6-4-2;2*1-6-2-7-3(4)5;/h2*1,3-8H2,2H3;2*2H2,1H3,(H,4,5);/q;;;;+2/p-2. The molecule has 184 valence electrons. The van der Waals surface area contributed by atoms with Gasteiger partial charge in [0.2, 0.25) is 0 Å². The Hall–Kier alpha value is -0.741. The van der Waals surface area contributed by atoms with Gasteiger partial charge in [0.05, 0.1) is 0 Å². The smallest absolute Gasteiger partial charge is 0.253 e. The number of carboxylic acid groups (broad SMARTS) is 2. The molecule has 0 aliphatic heterocycles. The van der Waals surface area contributed by atoms with Crippen LogP contribution in [0.1, 0.15) is 90.9 Å². The summed E-state index contributed by atoms with van der Waals surface area (Å²) in [7, 11) is 2.64. The molecule has 0 aromatic rings. The maximum Gasteiger partial charge on any atom is 0.253 e. The van der Waals surface area contributed by atoms with Gasteiger partial charge in [-0.2, -0.15) is 0 Å². The van der Waals surface area contributed by atoms with Crippen LogP contribution in [0.25, 0.3) is 0 Å². The number of carbonyl (C=O) groups excluding carboxylic acids is 2. The number of carbonyl (C=O) groups is 2. The fraction of sp³-hybridized carbons (Fsp3) is 0.909. The van der Waals surface area contributed by atoms with E-state index in [0.29, 0.717) is 0 Å². The van der Waals surface area contributed by atoms with E-state index in [-0.39, 0.29) is 34.7 Å². The van der Waals surface area contributed by atoms with E-state index in [1.54, 1.807) is 21.7 Å². The summed E-state index contributed by atoms with van der Waals surface area (Å²) in [6, 6.07) is 0. The molecule has 0 rings (SSSR count). The maximum absolute atomic E-state index is 9.34. The van der Waals surface area contributed by atoms with E-state index in [1.807, 2.05) is 0 Å². The molecule has 0 saturated heterocycles. The second kappa shape index (κ2) is 33.9. The minimum atomic E-state index is -1.57. The first-order valence-electron chi connectivity index (χ1n) is 11.3. The van der Waals surface area contributed by atoms with E-state index in [9.17, 15) is 19.8 Å². The molecule has 31 heavy (non-hydrogen) atoms. The molecule has 0 unspecified atom stereocenters. The minimum Gasteiger partial charge on any atom is -0.524 e. The first-order valence-corrected chi connectivity index (χ1v) is 15.4. The zero-order chi connectivity index (χ0) is 24.0. The summed E-state index contributed by atoms with van der Waals surface area (Å²) < 4.78 is 19.3. The molecule has 8 nitrogen and oxygen atoms in total. The third-order valence-corrected chi connectivity index (χ3v) is 8.04. The Morgan fingerprint density at radius 2 is 0.935 bits per heavy atom. The third kappa shape index (κ3) is 48.1. The van der Waals surface area contributed by atoms with E-state index < -0.39 is 12.3 Å². The van der Waals surface area contributed by atoms with Crippen molar-refractivity contribution in [3.63, 3.8) is 0 Å². The fourth-order valence-corrected chi connectivity index (χ4v) is 5.97. The molecule has 0 radical (unpaired) electrons. The Labute approximate surface area is 199 Å². The van der Waals surface area contributed by atoms with Crippen molar-refractivity contribution in [2.24, 2.45) is 0 Å². The van der Waals surface area contributed by atoms with Gasteiger partial charge in [0.1, 0.15) is 13.6 Å². The first kappa shape index (κ1) is 34.9. The Kier molecular flexibility index (Phi) is 38.1. The number of ether oxygens (including phenoxy) is 4.